The van der Waals surface area contributed by atoms with Crippen molar-refractivity contribution in [3.05, 3.63) is 42.5 Å². The van der Waals surface area contributed by atoms with E-state index in [9.17, 15) is 5.11 Å². The molecule has 0 heterocycles. The number of methoxy groups -OCH3 is 1. The van der Waals surface area contributed by atoms with Gasteiger partial charge in [0.25, 0.3) is 0 Å². The van der Waals surface area contributed by atoms with E-state index in [1.165, 1.54) is 5.39 Å². The molecule has 0 fully saturated rings. The van der Waals surface area contributed by atoms with Gasteiger partial charge in [0.2, 0.25) is 0 Å². The Morgan fingerprint density at radius 3 is 2.75 bits per heavy atom. The first-order chi connectivity index (χ1) is 9.79. The summed E-state index contributed by atoms with van der Waals surface area (Å²) < 4.78 is 10.6. The lowest BCUT2D eigenvalue weighted by Gasteiger charge is -2.12. The number of aliphatic hydroxyl groups is 1. The number of aliphatic hydroxyl groups excluding tert-OH is 1. The maximum atomic E-state index is 9.84. The van der Waals surface area contributed by atoms with Crippen LogP contribution in [0.3, 0.4) is 0 Å². The Hall–Kier alpha value is -1.23. The van der Waals surface area contributed by atoms with E-state index in [1.54, 1.807) is 18.9 Å². The smallest absolute Gasteiger partial charge is 0.120 e. The third-order valence-electron chi connectivity index (χ3n) is 2.91. The molecule has 1 unspecified atom stereocenters. The Balaban J connectivity index is 1.80. The van der Waals surface area contributed by atoms with Gasteiger partial charge in [-0.1, -0.05) is 30.3 Å². The summed E-state index contributed by atoms with van der Waals surface area (Å²) in [6, 6.07) is 14.1. The van der Waals surface area contributed by atoms with Crippen molar-refractivity contribution >= 4 is 22.5 Å². The first kappa shape index (κ1) is 15.2. The normalized spacial score (nSPS) is 12.5. The van der Waals surface area contributed by atoms with Gasteiger partial charge in [0, 0.05) is 18.6 Å². The molecule has 0 spiro atoms. The Kier molecular flexibility index (Phi) is 6.18. The quantitative estimate of drug-likeness (QED) is 0.759. The van der Waals surface area contributed by atoms with Gasteiger partial charge in [0.15, 0.2) is 0 Å². The minimum atomic E-state index is -0.455. The second-order valence-corrected chi connectivity index (χ2v) is 5.69. The fourth-order valence-corrected chi connectivity index (χ4v) is 2.68. The highest BCUT2D eigenvalue weighted by Crippen LogP contribution is 2.20. The summed E-state index contributed by atoms with van der Waals surface area (Å²) in [5, 5.41) is 12.2. The molecule has 0 aliphatic heterocycles. The van der Waals surface area contributed by atoms with Crippen LogP contribution in [0, 0.1) is 0 Å². The first-order valence-electron chi connectivity index (χ1n) is 6.66. The molecule has 4 heteroatoms. The molecule has 3 nitrogen and oxygen atoms in total. The third-order valence-corrected chi connectivity index (χ3v) is 3.98. The molecule has 2 aromatic rings. The minimum absolute atomic E-state index is 0.318. The molecule has 0 aliphatic carbocycles. The molecule has 0 aromatic heterocycles. The number of thioether (sulfide) groups is 1. The van der Waals surface area contributed by atoms with Crippen molar-refractivity contribution in [2.45, 2.75) is 6.10 Å². The first-order valence-corrected chi connectivity index (χ1v) is 7.81. The molecule has 0 aliphatic rings. The van der Waals surface area contributed by atoms with Gasteiger partial charge in [-0.3, -0.25) is 0 Å². The summed E-state index contributed by atoms with van der Waals surface area (Å²) in [7, 11) is 1.68. The second kappa shape index (κ2) is 8.15. The molecule has 20 heavy (non-hydrogen) atoms. The average molecular weight is 292 g/mol. The molecule has 0 bridgehead atoms. The summed E-state index contributed by atoms with van der Waals surface area (Å²) in [6.45, 7) is 1.03. The minimum Gasteiger partial charge on any atom is -0.491 e. The van der Waals surface area contributed by atoms with Crippen molar-refractivity contribution in [3.63, 3.8) is 0 Å². The predicted octanol–water partition coefficient (Wildman–Crippen LogP) is 2.96. The molecule has 2 aromatic carbocycles. The highest BCUT2D eigenvalue weighted by Gasteiger charge is 2.06. The van der Waals surface area contributed by atoms with Gasteiger partial charge in [-0.25, -0.2) is 0 Å². The molecular formula is C16H20O3S. The van der Waals surface area contributed by atoms with E-state index in [1.807, 2.05) is 30.3 Å². The van der Waals surface area contributed by atoms with E-state index in [-0.39, 0.29) is 0 Å². The second-order valence-electron chi connectivity index (χ2n) is 4.54. The molecule has 1 atom stereocenters. The van der Waals surface area contributed by atoms with Gasteiger partial charge in [0.1, 0.15) is 12.4 Å². The van der Waals surface area contributed by atoms with Crippen LogP contribution in [0.15, 0.2) is 42.5 Å². The van der Waals surface area contributed by atoms with Crippen molar-refractivity contribution in [3.8, 4) is 5.75 Å². The zero-order valence-electron chi connectivity index (χ0n) is 11.6. The fourth-order valence-electron chi connectivity index (χ4n) is 1.86. The number of ether oxygens (including phenoxy) is 2. The van der Waals surface area contributed by atoms with E-state index < -0.39 is 6.10 Å². The van der Waals surface area contributed by atoms with Crippen LogP contribution in [0.5, 0.6) is 5.75 Å². The predicted molar refractivity (Wildman–Crippen MR) is 84.7 cm³/mol. The van der Waals surface area contributed by atoms with E-state index in [0.29, 0.717) is 19.0 Å². The lowest BCUT2D eigenvalue weighted by atomic mass is 10.1. The standard InChI is InChI=1S/C16H20O3S/c1-18-8-9-20-12-15(17)11-19-16-7-6-13-4-2-3-5-14(13)10-16/h2-7,10,15,17H,8-9,11-12H2,1H3. The van der Waals surface area contributed by atoms with Gasteiger partial charge >= 0.3 is 0 Å². The topological polar surface area (TPSA) is 38.7 Å². The maximum absolute atomic E-state index is 9.84. The lowest BCUT2D eigenvalue weighted by Crippen LogP contribution is -2.20. The lowest BCUT2D eigenvalue weighted by molar-refractivity contribution is 0.126. The number of benzene rings is 2. The van der Waals surface area contributed by atoms with Crippen molar-refractivity contribution in [2.75, 3.05) is 31.8 Å². The van der Waals surface area contributed by atoms with Gasteiger partial charge in [0.05, 0.1) is 12.7 Å². The highest BCUT2D eigenvalue weighted by atomic mass is 32.2. The number of hydrogen-bond donors (Lipinski definition) is 1. The van der Waals surface area contributed by atoms with E-state index in [0.717, 1.165) is 16.9 Å². The van der Waals surface area contributed by atoms with E-state index in [2.05, 4.69) is 12.1 Å². The Bertz CT molecular complexity index is 530. The molecule has 0 saturated heterocycles. The zero-order valence-corrected chi connectivity index (χ0v) is 12.4. The van der Waals surface area contributed by atoms with Gasteiger partial charge in [-0.15, -0.1) is 0 Å². The Labute approximate surface area is 123 Å². The largest absolute Gasteiger partial charge is 0.491 e. The van der Waals surface area contributed by atoms with Crippen LogP contribution in [0.25, 0.3) is 10.8 Å². The van der Waals surface area contributed by atoms with E-state index in [4.69, 9.17) is 9.47 Å². The van der Waals surface area contributed by atoms with Gasteiger partial charge in [-0.2, -0.15) is 11.8 Å². The molecule has 108 valence electrons. The van der Waals surface area contributed by atoms with Crippen molar-refractivity contribution in [2.24, 2.45) is 0 Å². The summed E-state index contributed by atoms with van der Waals surface area (Å²) in [4.78, 5) is 0. The molecule has 0 radical (unpaired) electrons. The summed E-state index contributed by atoms with van der Waals surface area (Å²) in [5.41, 5.74) is 0. The summed E-state index contributed by atoms with van der Waals surface area (Å²) in [6.07, 6.45) is -0.455. The van der Waals surface area contributed by atoms with Crippen molar-refractivity contribution in [1.29, 1.82) is 0 Å². The van der Waals surface area contributed by atoms with Crippen LogP contribution in [-0.2, 0) is 4.74 Å². The summed E-state index contributed by atoms with van der Waals surface area (Å²) >= 11 is 1.67. The molecule has 2 rings (SSSR count). The highest BCUT2D eigenvalue weighted by molar-refractivity contribution is 7.99. The van der Waals surface area contributed by atoms with Crippen molar-refractivity contribution in [1.82, 2.24) is 0 Å². The summed E-state index contributed by atoms with van der Waals surface area (Å²) in [5.74, 6) is 2.35. The zero-order chi connectivity index (χ0) is 14.2. The van der Waals surface area contributed by atoms with Crippen LogP contribution >= 0.6 is 11.8 Å². The molecular weight excluding hydrogens is 272 g/mol. The number of fused-ring (bicyclic) bond motifs is 1. The Morgan fingerprint density at radius 2 is 1.95 bits per heavy atom. The molecule has 0 amide bonds. The fraction of sp³-hybridized carbons (Fsp3) is 0.375. The average Bonchev–Trinajstić information content (AvgIpc) is 2.49. The van der Waals surface area contributed by atoms with Crippen molar-refractivity contribution < 1.29 is 14.6 Å². The molecule has 1 N–H and O–H groups in total. The SMILES string of the molecule is COCCSCC(O)COc1ccc2ccccc2c1. The third kappa shape index (κ3) is 4.71. The van der Waals surface area contributed by atoms with Crippen LogP contribution < -0.4 is 4.74 Å². The van der Waals surface area contributed by atoms with Crippen LogP contribution in [0.4, 0.5) is 0 Å². The van der Waals surface area contributed by atoms with Gasteiger partial charge in [-0.05, 0) is 22.9 Å². The van der Waals surface area contributed by atoms with Crippen LogP contribution in [-0.4, -0.2) is 43.0 Å². The monoisotopic (exact) mass is 292 g/mol. The van der Waals surface area contributed by atoms with E-state index >= 15 is 0 Å². The Morgan fingerprint density at radius 1 is 1.15 bits per heavy atom. The van der Waals surface area contributed by atoms with Gasteiger partial charge < -0.3 is 14.6 Å². The molecule has 0 saturated carbocycles. The van der Waals surface area contributed by atoms with Crippen LogP contribution in [0.2, 0.25) is 0 Å². The number of hydrogen-bond acceptors (Lipinski definition) is 4. The van der Waals surface area contributed by atoms with Crippen LogP contribution in [0.1, 0.15) is 0 Å². The number of rotatable bonds is 8. The maximum Gasteiger partial charge on any atom is 0.120 e.